The summed E-state index contributed by atoms with van der Waals surface area (Å²) in [7, 11) is 0. The van der Waals surface area contributed by atoms with Crippen LogP contribution < -0.4 is 0 Å². The summed E-state index contributed by atoms with van der Waals surface area (Å²) in [5.41, 5.74) is 4.31. The van der Waals surface area contributed by atoms with Crippen molar-refractivity contribution in [1.29, 1.82) is 0 Å². The highest BCUT2D eigenvalue weighted by Crippen LogP contribution is 2.37. The smallest absolute Gasteiger partial charge is 0.115 e. The Bertz CT molecular complexity index is 823. The van der Waals surface area contributed by atoms with E-state index in [1.807, 2.05) is 67.6 Å². The molecule has 0 bridgehead atoms. The van der Waals surface area contributed by atoms with E-state index >= 15 is 0 Å². The molecule has 0 saturated carbocycles. The Kier molecular flexibility index (Phi) is 8.69. The zero-order valence-corrected chi connectivity index (χ0v) is 18.6. The molecule has 0 radical (unpaired) electrons. The number of rotatable bonds is 11. The molecular weight excluding hydrogens is 381 g/mol. The van der Waals surface area contributed by atoms with Gasteiger partial charge in [0.15, 0.2) is 0 Å². The Labute approximate surface area is 180 Å². The van der Waals surface area contributed by atoms with Crippen LogP contribution in [0.4, 0.5) is 4.39 Å². The molecule has 0 N–H and O–H groups in total. The molecule has 0 saturated heterocycles. The first kappa shape index (κ1) is 23.4. The molecule has 156 valence electrons. The zero-order valence-electron chi connectivity index (χ0n) is 17.7. The number of thiol groups is 1. The monoisotopic (exact) mass is 413 g/mol. The van der Waals surface area contributed by atoms with Gasteiger partial charge >= 0.3 is 0 Å². The summed E-state index contributed by atoms with van der Waals surface area (Å²) < 4.78 is 21.6. The van der Waals surface area contributed by atoms with Crippen molar-refractivity contribution < 1.29 is 9.13 Å². The minimum Gasteiger partial charge on any atom is -0.371 e. The van der Waals surface area contributed by atoms with Crippen LogP contribution in [0, 0.1) is 6.92 Å². The van der Waals surface area contributed by atoms with Gasteiger partial charge in [0.2, 0.25) is 0 Å². The lowest BCUT2D eigenvalue weighted by Crippen LogP contribution is -2.45. The molecule has 0 spiro atoms. The molecule has 2 atom stereocenters. The van der Waals surface area contributed by atoms with Crippen molar-refractivity contribution in [2.24, 2.45) is 0 Å². The van der Waals surface area contributed by atoms with Crippen LogP contribution in [0.25, 0.3) is 0 Å². The molecule has 0 aromatic heterocycles. The summed E-state index contributed by atoms with van der Waals surface area (Å²) in [6, 6.07) is 16.0. The van der Waals surface area contributed by atoms with Crippen LogP contribution in [-0.2, 0) is 17.0 Å². The maximum atomic E-state index is 13.2. The van der Waals surface area contributed by atoms with Crippen molar-refractivity contribution in [2.45, 2.75) is 45.5 Å². The van der Waals surface area contributed by atoms with Crippen LogP contribution in [0.15, 0.2) is 73.3 Å². The van der Waals surface area contributed by atoms with Crippen molar-refractivity contribution in [3.63, 3.8) is 0 Å². The second-order valence-electron chi connectivity index (χ2n) is 7.74. The number of alkyl halides is 1. The van der Waals surface area contributed by atoms with Crippen LogP contribution in [0.1, 0.15) is 48.6 Å². The van der Waals surface area contributed by atoms with Gasteiger partial charge in [-0.25, -0.2) is 8.70 Å². The molecule has 2 rings (SSSR count). The second kappa shape index (κ2) is 10.8. The summed E-state index contributed by atoms with van der Waals surface area (Å²) in [6.07, 6.45) is 2.39. The van der Waals surface area contributed by atoms with Gasteiger partial charge in [0, 0.05) is 6.54 Å². The van der Waals surface area contributed by atoms with Crippen LogP contribution >= 0.6 is 12.8 Å². The highest BCUT2D eigenvalue weighted by Gasteiger charge is 2.37. The Morgan fingerprint density at radius 2 is 1.97 bits per heavy atom. The van der Waals surface area contributed by atoms with Gasteiger partial charge in [0.1, 0.15) is 6.67 Å². The first-order valence-electron chi connectivity index (χ1n) is 9.87. The fraction of sp³-hybridized carbons (Fsp3) is 0.360. The van der Waals surface area contributed by atoms with Crippen LogP contribution in [-0.4, -0.2) is 17.5 Å². The summed E-state index contributed by atoms with van der Waals surface area (Å²) in [5.74, 6) is 0. The fourth-order valence-electron chi connectivity index (χ4n) is 3.55. The lowest BCUT2D eigenvalue weighted by Gasteiger charge is -2.41. The van der Waals surface area contributed by atoms with Gasteiger partial charge in [-0.15, -0.1) is 6.58 Å². The largest absolute Gasteiger partial charge is 0.371 e. The Hall–Kier alpha value is -1.88. The van der Waals surface area contributed by atoms with E-state index in [1.54, 1.807) is 0 Å². The molecule has 0 aliphatic rings. The molecule has 2 aromatic rings. The Balaban J connectivity index is 2.35. The van der Waals surface area contributed by atoms with Crippen molar-refractivity contribution in [3.05, 3.63) is 95.6 Å². The highest BCUT2D eigenvalue weighted by molar-refractivity contribution is 7.77. The van der Waals surface area contributed by atoms with Crippen molar-refractivity contribution in [2.75, 3.05) is 13.2 Å². The van der Waals surface area contributed by atoms with E-state index in [9.17, 15) is 4.39 Å². The molecule has 29 heavy (non-hydrogen) atoms. The lowest BCUT2D eigenvalue weighted by atomic mass is 9.86. The predicted octanol–water partition coefficient (Wildman–Crippen LogP) is 6.74. The van der Waals surface area contributed by atoms with Gasteiger partial charge in [-0.3, -0.25) is 0 Å². The third-order valence-corrected chi connectivity index (χ3v) is 5.59. The molecule has 0 heterocycles. The summed E-state index contributed by atoms with van der Waals surface area (Å²) in [5, 5.41) is 0. The molecule has 4 heteroatoms. The van der Waals surface area contributed by atoms with Gasteiger partial charge in [-0.1, -0.05) is 85.1 Å². The topological polar surface area (TPSA) is 12.5 Å². The number of halogens is 1. The van der Waals surface area contributed by atoms with Crippen LogP contribution in [0.2, 0.25) is 0 Å². The number of hydrogen-bond donors (Lipinski definition) is 1. The normalized spacial score (nSPS) is 14.4. The van der Waals surface area contributed by atoms with E-state index < -0.39 is 12.2 Å². The van der Waals surface area contributed by atoms with Gasteiger partial charge < -0.3 is 4.74 Å². The summed E-state index contributed by atoms with van der Waals surface area (Å²) in [6.45, 7) is 14.5. The number of aryl methyl sites for hydroxylation is 1. The first-order valence-corrected chi connectivity index (χ1v) is 10.3. The Morgan fingerprint density at radius 1 is 1.28 bits per heavy atom. The van der Waals surface area contributed by atoms with Crippen molar-refractivity contribution in [1.82, 2.24) is 4.31 Å². The third kappa shape index (κ3) is 6.05. The van der Waals surface area contributed by atoms with Crippen LogP contribution in [0.5, 0.6) is 0 Å². The first-order chi connectivity index (χ1) is 13.8. The van der Waals surface area contributed by atoms with E-state index in [0.717, 1.165) is 22.3 Å². The molecule has 2 nitrogen and oxygen atoms in total. The number of ether oxygens (including phenoxy) is 1. The quantitative estimate of drug-likeness (QED) is 0.324. The maximum absolute atomic E-state index is 13.2. The predicted molar refractivity (Wildman–Crippen MR) is 124 cm³/mol. The molecule has 1 unspecified atom stereocenters. The number of hydrogen-bond acceptors (Lipinski definition) is 3. The van der Waals surface area contributed by atoms with Gasteiger partial charge in [0.05, 0.1) is 18.2 Å². The highest BCUT2D eigenvalue weighted by atomic mass is 32.1. The summed E-state index contributed by atoms with van der Waals surface area (Å²) in [4.78, 5) is 0. The zero-order chi connectivity index (χ0) is 21.4. The van der Waals surface area contributed by atoms with Crippen molar-refractivity contribution >= 4 is 12.8 Å². The molecule has 0 aliphatic heterocycles. The minimum atomic E-state index is -0.494. The van der Waals surface area contributed by atoms with Gasteiger partial charge in [-0.2, -0.15) is 0 Å². The van der Waals surface area contributed by atoms with Crippen molar-refractivity contribution in [3.8, 4) is 0 Å². The second-order valence-corrected chi connectivity index (χ2v) is 8.23. The number of nitrogens with zero attached hydrogens (tertiary/aromatic N) is 1. The summed E-state index contributed by atoms with van der Waals surface area (Å²) >= 11 is 4.83. The average molecular weight is 414 g/mol. The van der Waals surface area contributed by atoms with E-state index in [2.05, 4.69) is 25.3 Å². The lowest BCUT2D eigenvalue weighted by molar-refractivity contribution is -0.00598. The fourth-order valence-corrected chi connectivity index (χ4v) is 4.04. The third-order valence-electron chi connectivity index (χ3n) is 5.06. The van der Waals surface area contributed by atoms with E-state index in [0.29, 0.717) is 25.1 Å². The molecule has 0 amide bonds. The van der Waals surface area contributed by atoms with E-state index in [-0.39, 0.29) is 6.10 Å². The maximum Gasteiger partial charge on any atom is 0.115 e. The molecular formula is C25H32FNOS. The molecule has 2 aromatic carbocycles. The molecule has 0 fully saturated rings. The van der Waals surface area contributed by atoms with E-state index in [1.165, 1.54) is 0 Å². The standard InChI is InChI=1S/C25H32FNOS/c1-6-12-25(27(29)17-19(2)3,24-10-8-7-9-11-24)18-28-21(5)23-14-20(4)13-22(15-23)16-26/h6-11,13-15,21,29H,1-2,12,16-18H2,3-5H3/t21?,25-/m1/s1. The Morgan fingerprint density at radius 3 is 2.55 bits per heavy atom. The number of benzene rings is 2. The SMILES string of the molecule is C=CC[C@@](COC(C)c1cc(C)cc(CF)c1)(c1ccccc1)N(S)CC(=C)C. The van der Waals surface area contributed by atoms with Gasteiger partial charge in [-0.05, 0) is 43.9 Å². The minimum absolute atomic E-state index is 0.181. The van der Waals surface area contributed by atoms with Gasteiger partial charge in [0.25, 0.3) is 0 Å². The van der Waals surface area contributed by atoms with E-state index in [4.69, 9.17) is 17.6 Å². The molecule has 0 aliphatic carbocycles. The van der Waals surface area contributed by atoms with Crippen LogP contribution in [0.3, 0.4) is 0 Å². The average Bonchev–Trinajstić information content (AvgIpc) is 2.70.